The molecule has 6 aromatic carbocycles. The second-order valence-electron chi connectivity index (χ2n) is 18.5. The van der Waals surface area contributed by atoms with Crippen LogP contribution in [-0.2, 0) is 59.6 Å². The van der Waals surface area contributed by atoms with E-state index in [1.807, 2.05) is 0 Å². The van der Waals surface area contributed by atoms with Crippen LogP contribution in [0.5, 0.6) is 0 Å². The molecular formula is C55H38F26O11S4. The van der Waals surface area contributed by atoms with Crippen molar-refractivity contribution in [2.75, 3.05) is 20.3 Å². The number of rotatable bonds is 17. The van der Waals surface area contributed by atoms with E-state index < -0.39 is 130 Å². The zero-order valence-corrected chi connectivity index (χ0v) is 50.0. The van der Waals surface area contributed by atoms with Gasteiger partial charge in [0.1, 0.15) is 30.7 Å². The Balaban J connectivity index is 0.000000262. The summed E-state index contributed by atoms with van der Waals surface area (Å²) in [5, 5.41) is 22.1. The van der Waals surface area contributed by atoms with Gasteiger partial charge >= 0.3 is 81.7 Å². The molecule has 96 heavy (non-hydrogen) atoms. The minimum absolute atomic E-state index is 0.0146. The number of aliphatic hydroxyl groups is 1. The van der Waals surface area contributed by atoms with Crippen LogP contribution in [0.25, 0.3) is 0 Å². The maximum atomic E-state index is 14.0. The van der Waals surface area contributed by atoms with Gasteiger partial charge in [-0.15, -0.1) is 0 Å². The zero-order chi connectivity index (χ0) is 73.1. The van der Waals surface area contributed by atoms with Crippen molar-refractivity contribution >= 4 is 57.8 Å². The van der Waals surface area contributed by atoms with Crippen LogP contribution in [-0.4, -0.2) is 118 Å². The smallest absolute Gasteiger partial charge is 0.415 e. The first-order valence-electron chi connectivity index (χ1n) is 25.0. The van der Waals surface area contributed by atoms with Crippen molar-refractivity contribution in [3.63, 3.8) is 0 Å². The van der Waals surface area contributed by atoms with Crippen molar-refractivity contribution in [3.05, 3.63) is 182 Å². The molecule has 530 valence electrons. The first-order valence-corrected chi connectivity index (χ1v) is 29.0. The van der Waals surface area contributed by atoms with Crippen LogP contribution >= 0.6 is 24.1 Å². The summed E-state index contributed by atoms with van der Waals surface area (Å²) >= 11 is -2.32. The molecule has 0 atom stereocenters. The molecule has 2 aliphatic carbocycles. The zero-order valence-electron chi connectivity index (χ0n) is 46.7. The standard InChI is InChI=1S/2C18H15S.C9H3F13O5S.C7H3F11O.C3H4F2O5S/c2*1-4-10-16(11-5-1)19(17-12-6-2-7-13-17)18-14-8-3-9-15-18;10-3(1-25-2(23)4(11,12)28-27-26-24)5(13,14)7(17,18)9(21,22)8(19,20)6(3,15)16;8-2(1-19)3(9,10)5(13,14)7(17,18)6(15,16)4(2,11)12;1-8-2(6)3(4,5)11-10-9-7/h2*1-15H;24H,1H2;19H,1H2;7H,1H3/q2*+1;;;/p-2. The molecule has 0 unspecified atom stereocenters. The second kappa shape index (κ2) is 31.2. The van der Waals surface area contributed by atoms with E-state index >= 15 is 0 Å². The summed E-state index contributed by atoms with van der Waals surface area (Å²) in [6.45, 7) is -6.87. The van der Waals surface area contributed by atoms with E-state index in [1.54, 1.807) is 0 Å². The molecule has 2 saturated carbocycles. The Morgan fingerprint density at radius 2 is 0.562 bits per heavy atom. The Labute approximate surface area is 536 Å². The predicted octanol–water partition coefficient (Wildman–Crippen LogP) is 15.0. The topological polar surface area (TPSA) is 156 Å². The van der Waals surface area contributed by atoms with Crippen molar-refractivity contribution < 1.29 is 168 Å². The molecule has 6 aromatic rings. The molecule has 2 fully saturated rings. The number of esters is 2. The molecule has 8 rings (SSSR count). The number of hydrogen-bond acceptors (Lipinski definition) is 13. The Bertz CT molecular complexity index is 3050. The van der Waals surface area contributed by atoms with Crippen LogP contribution in [0.1, 0.15) is 0 Å². The van der Waals surface area contributed by atoms with Crippen molar-refractivity contribution in [1.82, 2.24) is 0 Å². The number of halogens is 26. The number of methoxy groups -OCH3 is 1. The molecule has 0 saturated heterocycles. The van der Waals surface area contributed by atoms with E-state index in [1.165, 1.54) is 29.4 Å². The van der Waals surface area contributed by atoms with E-state index in [4.69, 9.17) is 10.4 Å². The number of alkyl halides is 26. The van der Waals surface area contributed by atoms with Crippen molar-refractivity contribution in [2.45, 2.75) is 110 Å². The lowest BCUT2D eigenvalue weighted by Crippen LogP contribution is -2.84. The lowest BCUT2D eigenvalue weighted by Gasteiger charge is -2.52. The van der Waals surface area contributed by atoms with E-state index in [0.29, 0.717) is 0 Å². The largest absolute Gasteiger partial charge is 0.691 e. The molecule has 0 heterocycles. The fourth-order valence-electron chi connectivity index (χ4n) is 7.66. The van der Waals surface area contributed by atoms with Gasteiger partial charge in [0.05, 0.1) is 35.5 Å². The van der Waals surface area contributed by atoms with Crippen LogP contribution < -0.4 is 10.5 Å². The second-order valence-corrected chi connectivity index (χ2v) is 24.2. The van der Waals surface area contributed by atoms with Crippen LogP contribution in [0.3, 0.4) is 0 Å². The fraction of sp³-hybridized carbons (Fsp3) is 0.309. The highest BCUT2D eigenvalue weighted by Crippen LogP contribution is 2.71. The van der Waals surface area contributed by atoms with Crippen LogP contribution in [0.15, 0.2) is 211 Å². The first kappa shape index (κ1) is 82.0. The van der Waals surface area contributed by atoms with Gasteiger partial charge in [0.2, 0.25) is 0 Å². The highest BCUT2D eigenvalue weighted by molar-refractivity contribution is 7.97. The van der Waals surface area contributed by atoms with Gasteiger partial charge in [-0.05, 0) is 72.8 Å². The van der Waals surface area contributed by atoms with Crippen LogP contribution in [0.2, 0.25) is 0 Å². The molecule has 41 heteroatoms. The molecule has 0 radical (unpaired) electrons. The summed E-state index contributed by atoms with van der Waals surface area (Å²) in [4.78, 5) is 29.1. The summed E-state index contributed by atoms with van der Waals surface area (Å²) in [5.74, 6) is -77.7. The number of carbonyl (C=O) groups is 2. The first-order chi connectivity index (χ1) is 44.2. The van der Waals surface area contributed by atoms with Gasteiger partial charge in [0, 0.05) is 0 Å². The summed E-state index contributed by atoms with van der Waals surface area (Å²) < 4.78 is 349. The van der Waals surface area contributed by atoms with E-state index in [-0.39, 0.29) is 21.8 Å². The SMILES string of the molecule is COC(=O)C(F)(F)SOO[O-].O=C(OCC1(F)C(F)(F)C(F)(F)C(F)(F)C(F)(F)C1(F)F)C(F)(F)SOO[O-].OCC1(F)C(F)(F)C(F)(F)C(F)(F)C(F)(F)C1(F)F.c1ccc([S+](c2ccccc2)c2ccccc2)cc1.c1ccc([S+](c2ccccc2)c2ccccc2)cc1. The van der Waals surface area contributed by atoms with E-state index in [9.17, 15) is 129 Å². The van der Waals surface area contributed by atoms with Gasteiger partial charge in [-0.2, -0.15) is 114 Å². The number of hydrogen-bond donors (Lipinski definition) is 1. The fourth-order valence-corrected chi connectivity index (χ4v) is 12.4. The van der Waals surface area contributed by atoms with Gasteiger partial charge in [-0.3, -0.25) is 10.1 Å². The van der Waals surface area contributed by atoms with Crippen LogP contribution in [0.4, 0.5) is 114 Å². The Kier molecular flexibility index (Phi) is 26.6. The number of carbonyl (C=O) groups excluding carboxylic acids is 2. The highest BCUT2D eigenvalue weighted by atomic mass is 32.2. The van der Waals surface area contributed by atoms with Crippen molar-refractivity contribution in [1.29, 1.82) is 0 Å². The van der Waals surface area contributed by atoms with Crippen molar-refractivity contribution in [3.8, 4) is 0 Å². The van der Waals surface area contributed by atoms with Gasteiger partial charge in [0.15, 0.2) is 29.4 Å². The summed E-state index contributed by atoms with van der Waals surface area (Å²) in [5.41, 5.74) is -13.0. The quantitative estimate of drug-likeness (QED) is 0.0230. The molecule has 0 aromatic heterocycles. The van der Waals surface area contributed by atoms with Gasteiger partial charge in [-0.1, -0.05) is 109 Å². The third kappa shape index (κ3) is 15.4. The number of benzene rings is 6. The molecule has 0 aliphatic heterocycles. The lowest BCUT2D eigenvalue weighted by molar-refractivity contribution is -0.777. The normalized spacial score (nSPS) is 19.7. The highest BCUT2D eigenvalue weighted by Gasteiger charge is 3.02. The molecular weight excluding hydrogens is 1460 g/mol. The molecule has 1 N–H and O–H groups in total. The number of ether oxygens (including phenoxy) is 2. The lowest BCUT2D eigenvalue weighted by atomic mass is 9.72. The Morgan fingerprint density at radius 1 is 0.365 bits per heavy atom. The molecule has 0 spiro atoms. The third-order valence-corrected chi connectivity index (χ3v) is 18.1. The minimum Gasteiger partial charge on any atom is -0.691 e. The minimum atomic E-state index is -7.51. The molecule has 2 aliphatic rings. The van der Waals surface area contributed by atoms with E-state index in [0.717, 1.165) is 7.11 Å². The average Bonchev–Trinajstić information content (AvgIpc) is 0.675. The predicted molar refractivity (Wildman–Crippen MR) is 280 cm³/mol. The Hall–Kier alpha value is -6.44. The van der Waals surface area contributed by atoms with E-state index in [2.05, 4.69) is 210 Å². The van der Waals surface area contributed by atoms with Crippen LogP contribution in [0, 0.1) is 0 Å². The Morgan fingerprint density at radius 3 is 0.760 bits per heavy atom. The summed E-state index contributed by atoms with van der Waals surface area (Å²) in [6, 6.07) is 64.3. The maximum Gasteiger partial charge on any atom is 0.415 e. The number of aliphatic hydroxyl groups excluding tert-OH is 1. The monoisotopic (exact) mass is 1500 g/mol. The maximum absolute atomic E-state index is 14.0. The van der Waals surface area contributed by atoms with Gasteiger partial charge in [-0.25, -0.2) is 18.4 Å². The average molecular weight is 1500 g/mol. The van der Waals surface area contributed by atoms with Crippen molar-refractivity contribution in [2.24, 2.45) is 0 Å². The molecule has 0 bridgehead atoms. The molecule has 0 amide bonds. The van der Waals surface area contributed by atoms with Gasteiger partial charge in [0.25, 0.3) is 11.3 Å². The summed E-state index contributed by atoms with van der Waals surface area (Å²) in [7, 11) is 0.743. The third-order valence-electron chi connectivity index (χ3n) is 12.6. The summed E-state index contributed by atoms with van der Waals surface area (Å²) in [6.07, 6.45) is 0. The van der Waals surface area contributed by atoms with Gasteiger partial charge < -0.3 is 25.1 Å². The molecule has 11 nitrogen and oxygen atoms in total.